The van der Waals surface area contributed by atoms with E-state index in [1.807, 2.05) is 60.7 Å². The lowest BCUT2D eigenvalue weighted by molar-refractivity contribution is -0.148. The molecular formula is C21H23NO4. The van der Waals surface area contributed by atoms with Crippen LogP contribution in [0.25, 0.3) is 0 Å². The fourth-order valence-electron chi connectivity index (χ4n) is 2.71. The maximum Gasteiger partial charge on any atom is 0.408 e. The summed E-state index contributed by atoms with van der Waals surface area (Å²) in [5.41, 5.74) is 0.479. The van der Waals surface area contributed by atoms with Crippen LogP contribution in [-0.4, -0.2) is 24.7 Å². The van der Waals surface area contributed by atoms with Gasteiger partial charge in [0, 0.05) is 6.42 Å². The molecule has 5 heteroatoms. The topological polar surface area (TPSA) is 64.6 Å². The van der Waals surface area contributed by atoms with Crippen LogP contribution in [0.4, 0.5) is 4.79 Å². The van der Waals surface area contributed by atoms with E-state index in [9.17, 15) is 9.59 Å². The molecule has 0 heterocycles. The second kappa shape index (κ2) is 9.42. The van der Waals surface area contributed by atoms with Gasteiger partial charge >= 0.3 is 12.1 Å². The molecule has 0 unspecified atom stereocenters. The number of carbonyl (C=O) groups excluding carboxylic acids is 2. The Morgan fingerprint density at radius 3 is 2.15 bits per heavy atom. The Morgan fingerprint density at radius 1 is 1.04 bits per heavy atom. The van der Waals surface area contributed by atoms with Crippen molar-refractivity contribution in [2.24, 2.45) is 0 Å². The Morgan fingerprint density at radius 2 is 1.62 bits per heavy atom. The monoisotopic (exact) mass is 353 g/mol. The molecule has 0 aliphatic carbocycles. The third-order valence-corrected chi connectivity index (χ3v) is 3.97. The summed E-state index contributed by atoms with van der Waals surface area (Å²) in [6, 6.07) is 18.7. The maximum atomic E-state index is 12.5. The highest BCUT2D eigenvalue weighted by atomic mass is 16.6. The number of hydrogen-bond donors (Lipinski definition) is 1. The van der Waals surface area contributed by atoms with E-state index >= 15 is 0 Å². The molecule has 0 radical (unpaired) electrons. The summed E-state index contributed by atoms with van der Waals surface area (Å²) in [6.45, 7) is 3.82. The van der Waals surface area contributed by atoms with E-state index < -0.39 is 17.6 Å². The minimum Gasteiger partial charge on any atom is -0.467 e. The molecule has 0 saturated heterocycles. The molecule has 2 aromatic carbocycles. The molecule has 1 amide bonds. The van der Waals surface area contributed by atoms with Crippen molar-refractivity contribution < 1.29 is 19.1 Å². The number of benzene rings is 2. The van der Waals surface area contributed by atoms with Crippen molar-refractivity contribution >= 4 is 12.1 Å². The van der Waals surface area contributed by atoms with Crippen LogP contribution >= 0.6 is 0 Å². The molecule has 26 heavy (non-hydrogen) atoms. The lowest BCUT2D eigenvalue weighted by Gasteiger charge is -2.30. The molecule has 0 bridgehead atoms. The van der Waals surface area contributed by atoms with Gasteiger partial charge in [0.05, 0.1) is 7.11 Å². The first-order valence-corrected chi connectivity index (χ1v) is 8.32. The molecule has 0 spiro atoms. The molecule has 0 saturated carbocycles. The Hall–Kier alpha value is -3.08. The summed E-state index contributed by atoms with van der Waals surface area (Å²) in [7, 11) is 1.29. The van der Waals surface area contributed by atoms with Crippen molar-refractivity contribution in [3.63, 3.8) is 0 Å². The number of ether oxygens (including phenoxy) is 2. The number of methoxy groups -OCH3 is 1. The minimum absolute atomic E-state index is 0.114. The average molecular weight is 353 g/mol. The van der Waals surface area contributed by atoms with Gasteiger partial charge in [-0.1, -0.05) is 66.7 Å². The van der Waals surface area contributed by atoms with Crippen LogP contribution in [-0.2, 0) is 27.3 Å². The molecule has 0 aliphatic rings. The highest BCUT2D eigenvalue weighted by molar-refractivity contribution is 5.86. The fraction of sp³-hybridized carbons (Fsp3) is 0.238. The first-order chi connectivity index (χ1) is 12.6. The number of rotatable bonds is 8. The molecule has 2 rings (SSSR count). The van der Waals surface area contributed by atoms with Crippen LogP contribution in [0.15, 0.2) is 73.3 Å². The number of carbonyl (C=O) groups is 2. The van der Waals surface area contributed by atoms with E-state index in [2.05, 4.69) is 11.9 Å². The van der Waals surface area contributed by atoms with Crippen LogP contribution in [0.5, 0.6) is 0 Å². The number of alkyl carbamates (subject to hydrolysis) is 1. The zero-order valence-corrected chi connectivity index (χ0v) is 14.8. The summed E-state index contributed by atoms with van der Waals surface area (Å²) in [4.78, 5) is 24.8. The third kappa shape index (κ3) is 5.21. The van der Waals surface area contributed by atoms with Crippen molar-refractivity contribution in [3.05, 3.63) is 84.4 Å². The van der Waals surface area contributed by atoms with Gasteiger partial charge in [-0.3, -0.25) is 0 Å². The molecule has 1 atom stereocenters. The Bertz CT molecular complexity index is 730. The standard InChI is InChI=1S/C21H23NO4/c1-3-14-21(19(23)25-2,15-17-10-6-4-7-11-17)22-20(24)26-16-18-12-8-5-9-13-18/h3-13H,1,14-16H2,2H3,(H,22,24)/t21-/m0/s1. The quantitative estimate of drug-likeness (QED) is 0.581. The normalized spacial score (nSPS) is 12.5. The van der Waals surface area contributed by atoms with Gasteiger partial charge in [0.2, 0.25) is 0 Å². The lowest BCUT2D eigenvalue weighted by atomic mass is 9.87. The largest absolute Gasteiger partial charge is 0.467 e. The van der Waals surface area contributed by atoms with Crippen LogP contribution < -0.4 is 5.32 Å². The van der Waals surface area contributed by atoms with Crippen molar-refractivity contribution in [2.45, 2.75) is 25.0 Å². The average Bonchev–Trinajstić information content (AvgIpc) is 2.67. The predicted molar refractivity (Wildman–Crippen MR) is 99.5 cm³/mol. The Kier molecular flexibility index (Phi) is 6.97. The number of esters is 1. The summed E-state index contributed by atoms with van der Waals surface area (Å²) < 4.78 is 10.2. The number of amides is 1. The Labute approximate surface area is 153 Å². The first kappa shape index (κ1) is 19.2. The molecule has 136 valence electrons. The van der Waals surface area contributed by atoms with Gasteiger partial charge in [-0.15, -0.1) is 6.58 Å². The first-order valence-electron chi connectivity index (χ1n) is 8.32. The zero-order chi connectivity index (χ0) is 18.8. The van der Waals surface area contributed by atoms with Gasteiger partial charge in [-0.05, 0) is 17.5 Å². The zero-order valence-electron chi connectivity index (χ0n) is 14.8. The van der Waals surface area contributed by atoms with Crippen molar-refractivity contribution in [1.82, 2.24) is 5.32 Å². The van der Waals surface area contributed by atoms with E-state index in [1.54, 1.807) is 6.08 Å². The Balaban J connectivity index is 2.15. The predicted octanol–water partition coefficient (Wildman–Crippen LogP) is 3.64. The van der Waals surface area contributed by atoms with Crippen molar-refractivity contribution in [2.75, 3.05) is 7.11 Å². The fourth-order valence-corrected chi connectivity index (χ4v) is 2.71. The lowest BCUT2D eigenvalue weighted by Crippen LogP contribution is -2.56. The van der Waals surface area contributed by atoms with E-state index in [1.165, 1.54) is 7.11 Å². The van der Waals surface area contributed by atoms with Gasteiger partial charge in [0.25, 0.3) is 0 Å². The maximum absolute atomic E-state index is 12.5. The van der Waals surface area contributed by atoms with Crippen LogP contribution in [0.2, 0.25) is 0 Å². The van der Waals surface area contributed by atoms with E-state index in [0.29, 0.717) is 0 Å². The molecule has 5 nitrogen and oxygen atoms in total. The van der Waals surface area contributed by atoms with Crippen molar-refractivity contribution in [3.8, 4) is 0 Å². The van der Waals surface area contributed by atoms with E-state index in [0.717, 1.165) is 11.1 Å². The number of nitrogens with one attached hydrogen (secondary N) is 1. The molecule has 1 N–H and O–H groups in total. The second-order valence-corrected chi connectivity index (χ2v) is 5.92. The second-order valence-electron chi connectivity index (χ2n) is 5.92. The highest BCUT2D eigenvalue weighted by Crippen LogP contribution is 2.21. The van der Waals surface area contributed by atoms with Gasteiger partial charge in [0.15, 0.2) is 0 Å². The smallest absolute Gasteiger partial charge is 0.408 e. The summed E-state index contributed by atoms with van der Waals surface area (Å²) in [5.74, 6) is -0.544. The van der Waals surface area contributed by atoms with Gasteiger partial charge in [0.1, 0.15) is 12.1 Å². The van der Waals surface area contributed by atoms with E-state index in [4.69, 9.17) is 9.47 Å². The summed E-state index contributed by atoms with van der Waals surface area (Å²) in [5, 5.41) is 2.69. The minimum atomic E-state index is -1.27. The molecular weight excluding hydrogens is 330 g/mol. The van der Waals surface area contributed by atoms with Crippen LogP contribution in [0.3, 0.4) is 0 Å². The number of hydrogen-bond acceptors (Lipinski definition) is 4. The van der Waals surface area contributed by atoms with Gasteiger partial charge in [-0.25, -0.2) is 9.59 Å². The molecule has 0 aliphatic heterocycles. The molecule has 0 aromatic heterocycles. The van der Waals surface area contributed by atoms with Crippen LogP contribution in [0, 0.1) is 0 Å². The molecule has 2 aromatic rings. The van der Waals surface area contributed by atoms with Crippen molar-refractivity contribution in [1.29, 1.82) is 0 Å². The highest BCUT2D eigenvalue weighted by Gasteiger charge is 2.40. The van der Waals surface area contributed by atoms with Crippen LogP contribution in [0.1, 0.15) is 17.5 Å². The SMILES string of the molecule is C=CC[C@@](Cc1ccccc1)(NC(=O)OCc1ccccc1)C(=O)OC. The van der Waals surface area contributed by atoms with Gasteiger partial charge in [-0.2, -0.15) is 0 Å². The van der Waals surface area contributed by atoms with Gasteiger partial charge < -0.3 is 14.8 Å². The van der Waals surface area contributed by atoms with E-state index in [-0.39, 0.29) is 19.4 Å². The molecule has 0 fully saturated rings. The summed E-state index contributed by atoms with van der Waals surface area (Å²) in [6.07, 6.45) is 1.39. The third-order valence-electron chi connectivity index (χ3n) is 3.97. The summed E-state index contributed by atoms with van der Waals surface area (Å²) >= 11 is 0.